The second-order valence-electron chi connectivity index (χ2n) is 6.98. The maximum absolute atomic E-state index is 3.26. The molecule has 2 heterocycles. The zero-order valence-electron chi connectivity index (χ0n) is 12.8. The molecule has 5 atom stereocenters. The van der Waals surface area contributed by atoms with Gasteiger partial charge in [-0.3, -0.25) is 4.90 Å². The van der Waals surface area contributed by atoms with E-state index in [0.29, 0.717) is 5.41 Å². The van der Waals surface area contributed by atoms with E-state index >= 15 is 0 Å². The lowest BCUT2D eigenvalue weighted by molar-refractivity contribution is 0.0438. The van der Waals surface area contributed by atoms with Crippen LogP contribution in [0.3, 0.4) is 0 Å². The van der Waals surface area contributed by atoms with Gasteiger partial charge in [0.1, 0.15) is 0 Å². The van der Waals surface area contributed by atoms with Gasteiger partial charge in [-0.2, -0.15) is 0 Å². The van der Waals surface area contributed by atoms with Crippen molar-refractivity contribution in [3.8, 4) is 0 Å². The molecule has 0 aliphatic carbocycles. The molecule has 0 radical (unpaired) electrons. The molecule has 0 bridgehead atoms. The van der Waals surface area contributed by atoms with Crippen molar-refractivity contribution in [3.63, 3.8) is 0 Å². The van der Waals surface area contributed by atoms with Gasteiger partial charge in [-0.1, -0.05) is 40.0 Å². The quantitative estimate of drug-likeness (QED) is 0.634. The van der Waals surface area contributed by atoms with E-state index in [1.807, 2.05) is 0 Å². The first-order valence-electron chi connectivity index (χ1n) is 8.00. The average Bonchev–Trinajstić information content (AvgIpc) is 3.04. The minimum Gasteiger partial charge on any atom is -0.320 e. The van der Waals surface area contributed by atoms with Gasteiger partial charge in [0.2, 0.25) is 0 Å². The minimum atomic E-state index is 0.670. The molecule has 2 saturated heterocycles. The third-order valence-corrected chi connectivity index (χ3v) is 5.58. The lowest BCUT2D eigenvalue weighted by Gasteiger charge is -2.45. The summed E-state index contributed by atoms with van der Waals surface area (Å²) < 4.78 is 0. The summed E-state index contributed by atoms with van der Waals surface area (Å²) in [5, 5.41) is 3.26. The fourth-order valence-electron chi connectivity index (χ4n) is 4.06. The number of nitrogens with one attached hydrogen (secondary N) is 1. The van der Waals surface area contributed by atoms with E-state index in [0.717, 1.165) is 17.9 Å². The van der Waals surface area contributed by atoms with Gasteiger partial charge >= 0.3 is 0 Å². The Morgan fingerprint density at radius 2 is 2.11 bits per heavy atom. The summed E-state index contributed by atoms with van der Waals surface area (Å²) in [6.45, 7) is 11.3. The Hall–Kier alpha value is -0.0800. The highest BCUT2D eigenvalue weighted by Gasteiger charge is 2.61. The maximum Gasteiger partial charge on any atom is 0.0292 e. The average molecular weight is 252 g/mol. The summed E-state index contributed by atoms with van der Waals surface area (Å²) in [6.07, 6.45) is 7.03. The lowest BCUT2D eigenvalue weighted by atomic mass is 9.67. The number of fused-ring (bicyclic) bond motifs is 1. The van der Waals surface area contributed by atoms with Crippen LogP contribution in [0.25, 0.3) is 0 Å². The SMILES string of the molecule is CCC(CCCC(C)CCNC)C1(C)CN2CC21. The second-order valence-corrected chi connectivity index (χ2v) is 6.98. The van der Waals surface area contributed by atoms with Gasteiger partial charge in [-0.05, 0) is 43.7 Å². The van der Waals surface area contributed by atoms with Crippen LogP contribution in [0.4, 0.5) is 0 Å². The van der Waals surface area contributed by atoms with E-state index in [1.54, 1.807) is 0 Å². The topological polar surface area (TPSA) is 15.0 Å². The molecule has 2 rings (SSSR count). The van der Waals surface area contributed by atoms with Crippen LogP contribution < -0.4 is 5.32 Å². The summed E-state index contributed by atoms with van der Waals surface area (Å²) in [7, 11) is 2.05. The predicted molar refractivity (Wildman–Crippen MR) is 78.8 cm³/mol. The third-order valence-electron chi connectivity index (χ3n) is 5.58. The van der Waals surface area contributed by atoms with Gasteiger partial charge < -0.3 is 5.32 Å². The summed E-state index contributed by atoms with van der Waals surface area (Å²) in [5.41, 5.74) is 0.670. The molecule has 2 fully saturated rings. The molecular weight excluding hydrogens is 220 g/mol. The Morgan fingerprint density at radius 3 is 2.61 bits per heavy atom. The Kier molecular flexibility index (Phi) is 4.71. The van der Waals surface area contributed by atoms with Crippen molar-refractivity contribution in [3.05, 3.63) is 0 Å². The number of hydrogen-bond donors (Lipinski definition) is 1. The molecule has 18 heavy (non-hydrogen) atoms. The molecule has 0 saturated carbocycles. The molecule has 0 aromatic carbocycles. The van der Waals surface area contributed by atoms with E-state index in [-0.39, 0.29) is 0 Å². The van der Waals surface area contributed by atoms with E-state index < -0.39 is 0 Å². The highest BCUT2D eigenvalue weighted by molar-refractivity contribution is 5.15. The minimum absolute atomic E-state index is 0.670. The fourth-order valence-corrected chi connectivity index (χ4v) is 4.06. The summed E-state index contributed by atoms with van der Waals surface area (Å²) in [6, 6.07) is 0.962. The molecule has 5 unspecified atom stereocenters. The van der Waals surface area contributed by atoms with Gasteiger partial charge in [0.05, 0.1) is 0 Å². The van der Waals surface area contributed by atoms with Crippen LogP contribution >= 0.6 is 0 Å². The molecule has 2 aliphatic rings. The van der Waals surface area contributed by atoms with Crippen LogP contribution in [-0.2, 0) is 0 Å². The van der Waals surface area contributed by atoms with Crippen molar-refractivity contribution in [2.45, 2.75) is 58.9 Å². The van der Waals surface area contributed by atoms with E-state index in [1.165, 1.54) is 51.7 Å². The Balaban J connectivity index is 1.65. The van der Waals surface area contributed by atoms with Crippen molar-refractivity contribution in [1.29, 1.82) is 0 Å². The Bertz CT molecular complexity index is 266. The molecule has 2 aliphatic heterocycles. The first-order chi connectivity index (χ1) is 8.61. The van der Waals surface area contributed by atoms with Crippen LogP contribution in [0.2, 0.25) is 0 Å². The fraction of sp³-hybridized carbons (Fsp3) is 1.00. The maximum atomic E-state index is 3.26. The van der Waals surface area contributed by atoms with Crippen LogP contribution in [-0.4, -0.2) is 37.6 Å². The van der Waals surface area contributed by atoms with Gasteiger partial charge in [-0.25, -0.2) is 0 Å². The summed E-state index contributed by atoms with van der Waals surface area (Å²) in [5.74, 6) is 1.86. The van der Waals surface area contributed by atoms with Crippen LogP contribution in [0.15, 0.2) is 0 Å². The van der Waals surface area contributed by atoms with Gasteiger partial charge in [0, 0.05) is 19.1 Å². The zero-order chi connectivity index (χ0) is 13.2. The molecule has 0 aromatic rings. The molecule has 0 spiro atoms. The zero-order valence-corrected chi connectivity index (χ0v) is 12.8. The number of nitrogens with zero attached hydrogens (tertiary/aromatic N) is 1. The largest absolute Gasteiger partial charge is 0.320 e. The Labute approximate surface area is 114 Å². The van der Waals surface area contributed by atoms with Crippen molar-refractivity contribution in [2.75, 3.05) is 26.7 Å². The van der Waals surface area contributed by atoms with Crippen molar-refractivity contribution >= 4 is 0 Å². The smallest absolute Gasteiger partial charge is 0.0292 e. The molecule has 0 amide bonds. The highest BCUT2D eigenvalue weighted by atomic mass is 15.4. The first kappa shape index (κ1) is 14.3. The molecule has 2 nitrogen and oxygen atoms in total. The lowest BCUT2D eigenvalue weighted by Crippen LogP contribution is -2.48. The highest BCUT2D eigenvalue weighted by Crippen LogP contribution is 2.54. The van der Waals surface area contributed by atoms with Crippen LogP contribution in [0.1, 0.15) is 52.9 Å². The summed E-state index contributed by atoms with van der Waals surface area (Å²) >= 11 is 0. The first-order valence-corrected chi connectivity index (χ1v) is 8.00. The van der Waals surface area contributed by atoms with Crippen molar-refractivity contribution in [1.82, 2.24) is 10.2 Å². The second kappa shape index (κ2) is 5.92. The Morgan fingerprint density at radius 1 is 1.33 bits per heavy atom. The van der Waals surface area contributed by atoms with Crippen molar-refractivity contribution < 1.29 is 0 Å². The molecule has 2 heteroatoms. The van der Waals surface area contributed by atoms with E-state index in [2.05, 4.69) is 38.0 Å². The standard InChI is InChI=1S/C16H32N2/c1-5-14(16(3)12-18-11-15(16)18)8-6-7-13(2)9-10-17-4/h13-15,17H,5-12H2,1-4H3. The number of hydrogen-bond acceptors (Lipinski definition) is 2. The van der Waals surface area contributed by atoms with E-state index in [4.69, 9.17) is 0 Å². The van der Waals surface area contributed by atoms with Gasteiger partial charge in [-0.15, -0.1) is 0 Å². The molecule has 0 aromatic heterocycles. The van der Waals surface area contributed by atoms with Crippen LogP contribution in [0, 0.1) is 17.3 Å². The molecule has 1 N–H and O–H groups in total. The molecular formula is C16H32N2. The van der Waals surface area contributed by atoms with E-state index in [9.17, 15) is 0 Å². The molecule has 106 valence electrons. The van der Waals surface area contributed by atoms with Gasteiger partial charge in [0.25, 0.3) is 0 Å². The van der Waals surface area contributed by atoms with Crippen molar-refractivity contribution in [2.24, 2.45) is 17.3 Å². The van der Waals surface area contributed by atoms with Crippen LogP contribution in [0.5, 0.6) is 0 Å². The normalized spacial score (nSPS) is 36.7. The monoisotopic (exact) mass is 252 g/mol. The third kappa shape index (κ3) is 2.91. The predicted octanol–water partition coefficient (Wildman–Crippen LogP) is 3.13. The number of rotatable bonds is 9. The van der Waals surface area contributed by atoms with Gasteiger partial charge in [0.15, 0.2) is 0 Å². The summed E-state index contributed by atoms with van der Waals surface area (Å²) in [4.78, 5) is 2.62.